The summed E-state index contributed by atoms with van der Waals surface area (Å²) in [5.41, 5.74) is 0.821. The molecular weight excluding hydrogens is 606 g/mol. The van der Waals surface area contributed by atoms with E-state index in [-0.39, 0.29) is 68.5 Å². The summed E-state index contributed by atoms with van der Waals surface area (Å²) in [6, 6.07) is -0.231. The van der Waals surface area contributed by atoms with E-state index in [2.05, 4.69) is 48.5 Å². The molecule has 0 radical (unpaired) electrons. The maximum Gasteiger partial charge on any atom is 0.347 e. The first kappa shape index (κ1) is 33.9. The molecule has 0 aromatic carbocycles. The van der Waals surface area contributed by atoms with Crippen molar-refractivity contribution in [3.8, 4) is 0 Å². The third-order valence-electron chi connectivity index (χ3n) is 16.1. The fourth-order valence-electron chi connectivity index (χ4n) is 13.4. The van der Waals surface area contributed by atoms with E-state index >= 15 is 0 Å². The predicted molar refractivity (Wildman–Crippen MR) is 183 cm³/mol. The Kier molecular flexibility index (Phi) is 7.40. The van der Waals surface area contributed by atoms with Gasteiger partial charge in [-0.25, -0.2) is 23.5 Å². The Balaban J connectivity index is 1.45. The number of allylic oxidation sites excluding steroid dienone is 1. The SMILES string of the molecule is CCC(=O)OC[C@]12CC[C@]3(C(C)C)C1=C1[C@H](C[C@@H]4[C@@]5(C)CC[C@H](OC(=O)CC)C(C)(C)[C@@H]5CC[C@@]4(C)[C@]1(C)CC2)n1c(=O)n(C)c(=O)n13. The number of esters is 2. The van der Waals surface area contributed by atoms with E-state index in [1.165, 1.54) is 15.7 Å². The predicted octanol–water partition coefficient (Wildman–Crippen LogP) is 6.67. The van der Waals surface area contributed by atoms with E-state index in [9.17, 15) is 19.2 Å². The van der Waals surface area contributed by atoms with E-state index in [1.54, 1.807) is 7.05 Å². The molecule has 7 rings (SSSR count). The van der Waals surface area contributed by atoms with Crippen LogP contribution in [0.5, 0.6) is 0 Å². The molecule has 0 N–H and O–H groups in total. The Bertz CT molecular complexity index is 1710. The molecule has 6 aliphatic rings. The van der Waals surface area contributed by atoms with Gasteiger partial charge in [-0.15, -0.1) is 0 Å². The van der Waals surface area contributed by atoms with Crippen LogP contribution in [0.25, 0.3) is 0 Å². The molecule has 1 aliphatic heterocycles. The highest BCUT2D eigenvalue weighted by Crippen LogP contribution is 2.79. The van der Waals surface area contributed by atoms with Crippen LogP contribution in [0.2, 0.25) is 0 Å². The number of aromatic nitrogens is 3. The summed E-state index contributed by atoms with van der Waals surface area (Å²) >= 11 is 0. The van der Waals surface area contributed by atoms with Crippen LogP contribution in [0.4, 0.5) is 0 Å². The molecule has 0 amide bonds. The lowest BCUT2D eigenvalue weighted by Gasteiger charge is -2.72. The van der Waals surface area contributed by atoms with Crippen LogP contribution in [0.3, 0.4) is 0 Å². The molecule has 0 spiro atoms. The maximum atomic E-state index is 14.3. The molecule has 48 heavy (non-hydrogen) atoms. The molecule has 5 aliphatic carbocycles. The molecule has 9 nitrogen and oxygen atoms in total. The Hall–Kier alpha value is -2.58. The Morgan fingerprint density at radius 1 is 0.854 bits per heavy atom. The van der Waals surface area contributed by atoms with Crippen LogP contribution in [0.1, 0.15) is 139 Å². The van der Waals surface area contributed by atoms with Crippen molar-refractivity contribution in [2.24, 2.45) is 51.9 Å². The molecular formula is C39H59N3O6. The van der Waals surface area contributed by atoms with Crippen LogP contribution in [0, 0.1) is 44.8 Å². The smallest absolute Gasteiger partial charge is 0.347 e. The summed E-state index contributed by atoms with van der Waals surface area (Å²) < 4.78 is 17.3. The van der Waals surface area contributed by atoms with Gasteiger partial charge in [-0.05, 0) is 103 Å². The number of nitrogens with zero attached hydrogens (tertiary/aromatic N) is 3. The summed E-state index contributed by atoms with van der Waals surface area (Å²) in [6.07, 6.45) is 8.85. The third-order valence-corrected chi connectivity index (χ3v) is 16.1. The number of ether oxygens (including phenoxy) is 2. The van der Waals surface area contributed by atoms with Gasteiger partial charge in [0.2, 0.25) is 0 Å². The number of hydrogen-bond donors (Lipinski definition) is 0. The summed E-state index contributed by atoms with van der Waals surface area (Å²) in [4.78, 5) is 53.8. The molecule has 4 saturated carbocycles. The molecule has 4 fully saturated rings. The van der Waals surface area contributed by atoms with Gasteiger partial charge < -0.3 is 9.47 Å². The number of fused-ring (bicyclic) bond motifs is 7. The second-order valence-corrected chi connectivity index (χ2v) is 18.3. The largest absolute Gasteiger partial charge is 0.465 e. The van der Waals surface area contributed by atoms with E-state index < -0.39 is 5.54 Å². The second kappa shape index (κ2) is 10.5. The molecule has 0 saturated heterocycles. The van der Waals surface area contributed by atoms with Gasteiger partial charge in [0, 0.05) is 30.7 Å². The first-order valence-electron chi connectivity index (χ1n) is 18.9. The second-order valence-electron chi connectivity index (χ2n) is 18.3. The Labute approximate surface area is 285 Å². The summed E-state index contributed by atoms with van der Waals surface area (Å²) in [5.74, 6) is 0.428. The molecule has 0 unspecified atom stereocenters. The van der Waals surface area contributed by atoms with Gasteiger partial charge in [-0.3, -0.25) is 9.59 Å². The van der Waals surface area contributed by atoms with Gasteiger partial charge in [-0.2, -0.15) is 0 Å². The fraction of sp³-hybridized carbons (Fsp3) is 0.846. The van der Waals surface area contributed by atoms with Gasteiger partial charge in [-0.1, -0.05) is 62.3 Å². The number of carbonyl (C=O) groups is 2. The summed E-state index contributed by atoms with van der Waals surface area (Å²) in [6.45, 7) is 20.6. The Morgan fingerprint density at radius 3 is 2.17 bits per heavy atom. The van der Waals surface area contributed by atoms with Crippen LogP contribution < -0.4 is 11.4 Å². The molecule has 1 aromatic heterocycles. The van der Waals surface area contributed by atoms with Crippen molar-refractivity contribution in [1.29, 1.82) is 0 Å². The fourth-order valence-corrected chi connectivity index (χ4v) is 13.4. The molecule has 9 atom stereocenters. The van der Waals surface area contributed by atoms with Crippen molar-refractivity contribution >= 4 is 11.9 Å². The summed E-state index contributed by atoms with van der Waals surface area (Å²) in [7, 11) is 1.63. The third kappa shape index (κ3) is 3.85. The monoisotopic (exact) mass is 665 g/mol. The zero-order chi connectivity index (χ0) is 35.0. The van der Waals surface area contributed by atoms with Crippen molar-refractivity contribution in [3.63, 3.8) is 0 Å². The zero-order valence-electron chi connectivity index (χ0n) is 31.2. The van der Waals surface area contributed by atoms with E-state index in [0.29, 0.717) is 31.3 Å². The van der Waals surface area contributed by atoms with Gasteiger partial charge in [0.05, 0.1) is 11.6 Å². The zero-order valence-corrected chi connectivity index (χ0v) is 31.2. The van der Waals surface area contributed by atoms with Gasteiger partial charge >= 0.3 is 23.3 Å². The Morgan fingerprint density at radius 2 is 1.52 bits per heavy atom. The molecule has 0 bridgehead atoms. The lowest BCUT2D eigenvalue weighted by atomic mass is 9.33. The molecule has 2 heterocycles. The lowest BCUT2D eigenvalue weighted by molar-refractivity contribution is -0.219. The van der Waals surface area contributed by atoms with Crippen molar-refractivity contribution < 1.29 is 19.1 Å². The van der Waals surface area contributed by atoms with Crippen LogP contribution >= 0.6 is 0 Å². The van der Waals surface area contributed by atoms with Crippen LogP contribution in [0.15, 0.2) is 20.7 Å². The number of rotatable bonds is 6. The van der Waals surface area contributed by atoms with Gasteiger partial charge in [0.1, 0.15) is 12.7 Å². The van der Waals surface area contributed by atoms with E-state index in [0.717, 1.165) is 57.8 Å². The number of carbonyl (C=O) groups excluding carboxylic acids is 2. The quantitative estimate of drug-likeness (QED) is 0.249. The minimum absolute atomic E-state index is 0.0260. The molecule has 266 valence electrons. The normalized spacial score (nSPS) is 42.1. The van der Waals surface area contributed by atoms with Crippen LogP contribution in [-0.4, -0.2) is 38.6 Å². The van der Waals surface area contributed by atoms with Crippen LogP contribution in [-0.2, 0) is 31.6 Å². The highest BCUT2D eigenvalue weighted by atomic mass is 16.5. The summed E-state index contributed by atoms with van der Waals surface area (Å²) in [5, 5.41) is 0. The lowest BCUT2D eigenvalue weighted by Crippen LogP contribution is -2.67. The van der Waals surface area contributed by atoms with Gasteiger partial charge in [0.25, 0.3) is 0 Å². The first-order chi connectivity index (χ1) is 22.4. The average molecular weight is 666 g/mol. The van der Waals surface area contributed by atoms with Gasteiger partial charge in [0.15, 0.2) is 0 Å². The highest BCUT2D eigenvalue weighted by Gasteiger charge is 2.73. The van der Waals surface area contributed by atoms with Crippen molar-refractivity contribution in [2.75, 3.05) is 6.61 Å². The van der Waals surface area contributed by atoms with Crippen molar-refractivity contribution in [2.45, 2.75) is 151 Å². The average Bonchev–Trinajstić information content (AvgIpc) is 3.50. The maximum absolute atomic E-state index is 14.3. The standard InChI is InChI=1S/C39H59N3O6/c1-11-28(43)47-22-38-18-17-37(9)30-24(41-32(45)40(10)33(46)42(41)39(20-19-38,23(3)4)31(30)38)21-26-35(7)15-14-27(48-29(44)12-2)34(5,6)25(35)13-16-36(26,37)8/h23-27H,11-22H2,1-10H3/t24-,25-,26+,27-,35-,36+,37+,38-,39-/m0/s1. The van der Waals surface area contributed by atoms with E-state index in [1.807, 2.05) is 23.2 Å². The minimum atomic E-state index is -0.642. The highest BCUT2D eigenvalue weighted by molar-refractivity contribution is 5.69. The van der Waals surface area contributed by atoms with Crippen molar-refractivity contribution in [1.82, 2.24) is 13.9 Å². The number of hydrogen-bond acceptors (Lipinski definition) is 6. The topological polar surface area (TPSA) is 102 Å². The molecule has 9 heteroatoms. The van der Waals surface area contributed by atoms with Crippen molar-refractivity contribution in [3.05, 3.63) is 32.1 Å². The molecule has 1 aromatic rings. The van der Waals surface area contributed by atoms with E-state index in [4.69, 9.17) is 9.47 Å². The first-order valence-corrected chi connectivity index (χ1v) is 18.9. The minimum Gasteiger partial charge on any atom is -0.465 e.